The molecule has 3 aromatic carbocycles. The number of hydrogen-bond donors (Lipinski definition) is 1. The summed E-state index contributed by atoms with van der Waals surface area (Å²) in [7, 11) is -2.54. The molecule has 1 N–H and O–H groups in total. The number of ether oxygens (including phenoxy) is 1. The molecule has 0 unspecified atom stereocenters. The Kier molecular flexibility index (Phi) is 6.99. The molecule has 0 aliphatic carbocycles. The van der Waals surface area contributed by atoms with E-state index in [1.807, 2.05) is 0 Å². The average Bonchev–Trinajstić information content (AvgIpc) is 2.79. The van der Waals surface area contributed by atoms with Crippen LogP contribution in [0.2, 0.25) is 0 Å². The average molecular weight is 441 g/mol. The minimum atomic E-state index is -4.03. The van der Waals surface area contributed by atoms with Crippen LogP contribution in [0.5, 0.6) is 5.75 Å². The number of methoxy groups -OCH3 is 1. The van der Waals surface area contributed by atoms with Crippen LogP contribution in [0.15, 0.2) is 88.9 Å². The molecule has 0 aromatic heterocycles. The van der Waals surface area contributed by atoms with E-state index in [1.165, 1.54) is 49.6 Å². The summed E-state index contributed by atoms with van der Waals surface area (Å²) in [5.41, 5.74) is 2.70. The zero-order valence-electron chi connectivity index (χ0n) is 16.6. The lowest BCUT2D eigenvalue weighted by molar-refractivity contribution is -0.119. The minimum absolute atomic E-state index is 0.0356. The summed E-state index contributed by atoms with van der Waals surface area (Å²) in [6.45, 7) is -0.530. The Hall–Kier alpha value is -3.72. The minimum Gasteiger partial charge on any atom is -0.497 e. The molecule has 160 valence electrons. The van der Waals surface area contributed by atoms with Gasteiger partial charge in [0.25, 0.3) is 15.9 Å². The summed E-state index contributed by atoms with van der Waals surface area (Å²) in [5.74, 6) is -0.644. The Morgan fingerprint density at radius 1 is 1.03 bits per heavy atom. The number of nitrogens with zero attached hydrogens (tertiary/aromatic N) is 2. The van der Waals surface area contributed by atoms with Gasteiger partial charge in [-0.2, -0.15) is 5.10 Å². The molecule has 9 heteroatoms. The zero-order valence-corrected chi connectivity index (χ0v) is 17.4. The molecule has 3 rings (SSSR count). The molecule has 31 heavy (non-hydrogen) atoms. The number of sulfonamides is 1. The van der Waals surface area contributed by atoms with E-state index in [1.54, 1.807) is 36.4 Å². The molecule has 0 saturated heterocycles. The molecular formula is C22H20FN3O4S. The monoisotopic (exact) mass is 441 g/mol. The first kappa shape index (κ1) is 22.0. The predicted molar refractivity (Wildman–Crippen MR) is 116 cm³/mol. The highest BCUT2D eigenvalue weighted by molar-refractivity contribution is 7.92. The van der Waals surface area contributed by atoms with Crippen LogP contribution in [0.3, 0.4) is 0 Å². The first-order chi connectivity index (χ1) is 14.9. The van der Waals surface area contributed by atoms with Gasteiger partial charge in [0.15, 0.2) is 0 Å². The van der Waals surface area contributed by atoms with Crippen LogP contribution in [-0.2, 0) is 14.8 Å². The Labute approximate surface area is 179 Å². The van der Waals surface area contributed by atoms with Crippen molar-refractivity contribution in [3.05, 3.63) is 90.2 Å². The van der Waals surface area contributed by atoms with E-state index in [9.17, 15) is 17.6 Å². The molecule has 0 fully saturated rings. The van der Waals surface area contributed by atoms with Gasteiger partial charge < -0.3 is 4.74 Å². The van der Waals surface area contributed by atoms with Gasteiger partial charge in [0, 0.05) is 5.56 Å². The van der Waals surface area contributed by atoms with Gasteiger partial charge in [-0.3, -0.25) is 9.10 Å². The Balaban J connectivity index is 1.84. The summed E-state index contributed by atoms with van der Waals surface area (Å²) in [5, 5.41) is 3.73. The van der Waals surface area contributed by atoms with Crippen molar-refractivity contribution in [2.75, 3.05) is 18.0 Å². The van der Waals surface area contributed by atoms with Gasteiger partial charge in [0.05, 0.1) is 23.9 Å². The first-order valence-electron chi connectivity index (χ1n) is 9.20. The molecule has 0 aliphatic heterocycles. The third-order valence-corrected chi connectivity index (χ3v) is 6.07. The normalized spacial score (nSPS) is 11.3. The first-order valence-corrected chi connectivity index (χ1v) is 10.6. The molecule has 0 atom stereocenters. The number of amides is 1. The van der Waals surface area contributed by atoms with Crippen molar-refractivity contribution in [2.24, 2.45) is 5.10 Å². The van der Waals surface area contributed by atoms with Crippen molar-refractivity contribution in [3.8, 4) is 5.75 Å². The van der Waals surface area contributed by atoms with E-state index in [2.05, 4.69) is 10.5 Å². The van der Waals surface area contributed by atoms with Gasteiger partial charge in [-0.1, -0.05) is 36.4 Å². The number of nitrogens with one attached hydrogen (secondary N) is 1. The molecule has 0 saturated carbocycles. The lowest BCUT2D eigenvalue weighted by Gasteiger charge is -2.23. The lowest BCUT2D eigenvalue weighted by Crippen LogP contribution is -2.39. The number of halogens is 1. The van der Waals surface area contributed by atoms with Crippen LogP contribution in [0, 0.1) is 5.82 Å². The number of carbonyl (C=O) groups is 1. The number of benzene rings is 3. The highest BCUT2D eigenvalue weighted by Gasteiger charge is 2.27. The smallest absolute Gasteiger partial charge is 0.264 e. The van der Waals surface area contributed by atoms with Gasteiger partial charge >= 0.3 is 0 Å². The molecule has 1 amide bonds. The number of hydrogen-bond acceptors (Lipinski definition) is 5. The highest BCUT2D eigenvalue weighted by Crippen LogP contribution is 2.25. The van der Waals surface area contributed by atoms with E-state index in [4.69, 9.17) is 4.74 Å². The fraction of sp³-hybridized carbons (Fsp3) is 0.0909. The predicted octanol–water partition coefficient (Wildman–Crippen LogP) is 3.18. The van der Waals surface area contributed by atoms with E-state index in [0.29, 0.717) is 5.75 Å². The van der Waals surface area contributed by atoms with Crippen molar-refractivity contribution in [3.63, 3.8) is 0 Å². The second-order valence-electron chi connectivity index (χ2n) is 6.34. The number of carbonyl (C=O) groups excluding carboxylic acids is 1. The van der Waals surface area contributed by atoms with E-state index in [-0.39, 0.29) is 16.1 Å². The molecule has 7 nitrogen and oxygen atoms in total. The van der Waals surface area contributed by atoms with Crippen LogP contribution in [-0.4, -0.2) is 34.2 Å². The topological polar surface area (TPSA) is 88.1 Å². The molecule has 0 heterocycles. The number of hydrazone groups is 1. The second-order valence-corrected chi connectivity index (χ2v) is 8.20. The maximum absolute atomic E-state index is 13.6. The van der Waals surface area contributed by atoms with Crippen LogP contribution < -0.4 is 14.5 Å². The van der Waals surface area contributed by atoms with Crippen LogP contribution in [0.4, 0.5) is 10.1 Å². The van der Waals surface area contributed by atoms with Crippen molar-refractivity contribution in [1.29, 1.82) is 0 Å². The number of anilines is 1. The Morgan fingerprint density at radius 3 is 2.32 bits per heavy atom. The zero-order chi connectivity index (χ0) is 22.3. The standard InChI is InChI=1S/C22H20FN3O4S/c1-30-19-13-11-18(12-14-19)26(31(28,29)20-8-3-2-4-9-20)16-22(27)25-24-15-17-7-5-6-10-21(17)23/h2-15H,16H2,1H3,(H,25,27)/b24-15-. The van der Waals surface area contributed by atoms with Gasteiger partial charge in [0.1, 0.15) is 18.1 Å². The van der Waals surface area contributed by atoms with Crippen molar-refractivity contribution < 1.29 is 22.3 Å². The molecule has 0 bridgehead atoms. The van der Waals surface area contributed by atoms with Gasteiger partial charge in [-0.15, -0.1) is 0 Å². The van der Waals surface area contributed by atoms with E-state index in [0.717, 1.165) is 10.5 Å². The Bertz CT molecular complexity index is 1170. The summed E-state index contributed by atoms with van der Waals surface area (Å²) in [6, 6.07) is 20.0. The van der Waals surface area contributed by atoms with Crippen molar-refractivity contribution >= 4 is 27.8 Å². The van der Waals surface area contributed by atoms with E-state index >= 15 is 0 Å². The fourth-order valence-corrected chi connectivity index (χ4v) is 4.14. The third-order valence-electron chi connectivity index (χ3n) is 4.28. The molecule has 3 aromatic rings. The third kappa shape index (κ3) is 5.46. The summed E-state index contributed by atoms with van der Waals surface area (Å²) < 4.78 is 46.1. The summed E-state index contributed by atoms with van der Waals surface area (Å²) >= 11 is 0. The van der Waals surface area contributed by atoms with Gasteiger partial charge in [0.2, 0.25) is 0 Å². The second kappa shape index (κ2) is 9.86. The van der Waals surface area contributed by atoms with Gasteiger partial charge in [-0.05, 0) is 42.5 Å². The Morgan fingerprint density at radius 2 is 1.68 bits per heavy atom. The maximum atomic E-state index is 13.6. The van der Waals surface area contributed by atoms with Crippen LogP contribution >= 0.6 is 0 Å². The summed E-state index contributed by atoms with van der Waals surface area (Å²) in [6.07, 6.45) is 1.15. The molecule has 0 spiro atoms. The number of rotatable bonds is 8. The largest absolute Gasteiger partial charge is 0.497 e. The van der Waals surface area contributed by atoms with Crippen molar-refractivity contribution in [2.45, 2.75) is 4.90 Å². The fourth-order valence-electron chi connectivity index (χ4n) is 2.70. The van der Waals surface area contributed by atoms with E-state index < -0.39 is 28.3 Å². The SMILES string of the molecule is COc1ccc(N(CC(=O)N/N=C\c2ccccc2F)S(=O)(=O)c2ccccc2)cc1. The maximum Gasteiger partial charge on any atom is 0.264 e. The molecular weight excluding hydrogens is 421 g/mol. The van der Waals surface area contributed by atoms with Crippen LogP contribution in [0.1, 0.15) is 5.56 Å². The lowest BCUT2D eigenvalue weighted by atomic mass is 10.2. The summed E-state index contributed by atoms with van der Waals surface area (Å²) in [4.78, 5) is 12.5. The van der Waals surface area contributed by atoms with Crippen LogP contribution in [0.25, 0.3) is 0 Å². The van der Waals surface area contributed by atoms with Gasteiger partial charge in [-0.25, -0.2) is 18.2 Å². The van der Waals surface area contributed by atoms with Crippen molar-refractivity contribution in [1.82, 2.24) is 5.43 Å². The highest BCUT2D eigenvalue weighted by atomic mass is 32.2. The molecule has 0 aliphatic rings. The molecule has 0 radical (unpaired) electrons. The quantitative estimate of drug-likeness (QED) is 0.430.